The molecule has 0 aliphatic heterocycles. The summed E-state index contributed by atoms with van der Waals surface area (Å²) in [5, 5.41) is 2.03. The molecule has 0 aliphatic carbocycles. The van der Waals surface area contributed by atoms with Crippen LogP contribution in [0, 0.1) is 5.92 Å². The maximum absolute atomic E-state index is 10.9. The predicted molar refractivity (Wildman–Crippen MR) is 72.3 cm³/mol. The number of rotatable bonds is 8. The zero-order chi connectivity index (χ0) is 12.7. The summed E-state index contributed by atoms with van der Waals surface area (Å²) in [4.78, 5) is 1.28. The smallest absolute Gasteiger partial charge is 0.232 e. The van der Waals surface area contributed by atoms with Crippen LogP contribution in [0.3, 0.4) is 0 Å². The summed E-state index contributed by atoms with van der Waals surface area (Å²) in [6, 6.07) is 4.07. The molecule has 0 aromatic carbocycles. The highest BCUT2D eigenvalue weighted by Gasteiger charge is 2.15. The first-order valence-electron chi connectivity index (χ1n) is 5.53. The molecule has 0 amide bonds. The maximum atomic E-state index is 10.9. The first-order chi connectivity index (χ1) is 8.01. The number of hydrogen-bond donors (Lipinski definition) is 0. The van der Waals surface area contributed by atoms with Gasteiger partial charge in [-0.1, -0.05) is 19.4 Å². The zero-order valence-electron chi connectivity index (χ0n) is 9.76. The third kappa shape index (κ3) is 7.03. The van der Waals surface area contributed by atoms with Gasteiger partial charge in [0.05, 0.1) is 19.0 Å². The van der Waals surface area contributed by atoms with Crippen molar-refractivity contribution in [3.63, 3.8) is 0 Å². The van der Waals surface area contributed by atoms with E-state index in [0.717, 1.165) is 12.8 Å². The van der Waals surface area contributed by atoms with Crippen LogP contribution in [-0.2, 0) is 20.2 Å². The van der Waals surface area contributed by atoms with E-state index >= 15 is 0 Å². The molecule has 1 heterocycles. The third-order valence-corrected chi connectivity index (χ3v) is 4.62. The van der Waals surface area contributed by atoms with Crippen LogP contribution in [-0.4, -0.2) is 27.4 Å². The van der Waals surface area contributed by atoms with E-state index in [1.165, 1.54) is 4.88 Å². The molecule has 6 heteroatoms. The van der Waals surface area contributed by atoms with Gasteiger partial charge < -0.3 is 4.74 Å². The quantitative estimate of drug-likeness (QED) is 0.547. The molecule has 3 nitrogen and oxygen atoms in total. The highest BCUT2D eigenvalue weighted by atomic mass is 35.7. The third-order valence-electron chi connectivity index (χ3n) is 2.44. The van der Waals surface area contributed by atoms with Crippen molar-refractivity contribution in [3.05, 3.63) is 22.4 Å². The zero-order valence-corrected chi connectivity index (χ0v) is 12.2. The van der Waals surface area contributed by atoms with E-state index in [1.54, 1.807) is 11.3 Å². The van der Waals surface area contributed by atoms with Crippen molar-refractivity contribution in [1.82, 2.24) is 0 Å². The Labute approximate surface area is 111 Å². The topological polar surface area (TPSA) is 43.4 Å². The van der Waals surface area contributed by atoms with Crippen molar-refractivity contribution < 1.29 is 13.2 Å². The second-order valence-electron chi connectivity index (χ2n) is 3.88. The van der Waals surface area contributed by atoms with Crippen LogP contribution in [0.2, 0.25) is 0 Å². The summed E-state index contributed by atoms with van der Waals surface area (Å²) in [7, 11) is 1.80. The molecular formula is C11H17ClO3S2. The van der Waals surface area contributed by atoms with Gasteiger partial charge in [-0.3, -0.25) is 0 Å². The average Bonchev–Trinajstić information content (AvgIpc) is 2.73. The summed E-state index contributed by atoms with van der Waals surface area (Å²) < 4.78 is 27.4. The Morgan fingerprint density at radius 2 is 2.29 bits per heavy atom. The fourth-order valence-electron chi connectivity index (χ4n) is 1.44. The Hall–Kier alpha value is -0.100. The summed E-state index contributed by atoms with van der Waals surface area (Å²) >= 11 is 1.70. The van der Waals surface area contributed by atoms with E-state index in [4.69, 9.17) is 15.4 Å². The van der Waals surface area contributed by atoms with Gasteiger partial charge in [0.15, 0.2) is 0 Å². The molecule has 0 radical (unpaired) electrons. The predicted octanol–water partition coefficient (Wildman–Crippen LogP) is 2.90. The standard InChI is InChI=1S/C11H17ClO3S2/c1-2-10(9-17(12,13)14)8-15-6-5-11-4-3-7-16-11/h3-4,7,10H,2,5-6,8-9H2,1H3. The van der Waals surface area contributed by atoms with E-state index in [9.17, 15) is 8.42 Å². The molecule has 0 bridgehead atoms. The van der Waals surface area contributed by atoms with Crippen molar-refractivity contribution in [2.75, 3.05) is 19.0 Å². The van der Waals surface area contributed by atoms with Gasteiger partial charge in [0.25, 0.3) is 0 Å². The highest BCUT2D eigenvalue weighted by molar-refractivity contribution is 8.13. The van der Waals surface area contributed by atoms with E-state index in [1.807, 2.05) is 18.4 Å². The average molecular weight is 297 g/mol. The van der Waals surface area contributed by atoms with E-state index in [0.29, 0.717) is 13.2 Å². The fraction of sp³-hybridized carbons (Fsp3) is 0.636. The summed E-state index contributed by atoms with van der Waals surface area (Å²) in [5.74, 6) is -0.0230. The normalized spacial score (nSPS) is 13.8. The molecule has 1 atom stereocenters. The van der Waals surface area contributed by atoms with Crippen LogP contribution in [0.4, 0.5) is 0 Å². The van der Waals surface area contributed by atoms with Crippen molar-refractivity contribution in [2.45, 2.75) is 19.8 Å². The maximum Gasteiger partial charge on any atom is 0.232 e. The molecule has 0 saturated carbocycles. The van der Waals surface area contributed by atoms with Crippen LogP contribution in [0.15, 0.2) is 17.5 Å². The van der Waals surface area contributed by atoms with Crippen LogP contribution in [0.5, 0.6) is 0 Å². The summed E-state index contributed by atoms with van der Waals surface area (Å²) in [6.45, 7) is 3.02. The first-order valence-corrected chi connectivity index (χ1v) is 8.89. The molecule has 1 unspecified atom stereocenters. The van der Waals surface area contributed by atoms with Crippen LogP contribution < -0.4 is 0 Å². The molecule has 17 heavy (non-hydrogen) atoms. The van der Waals surface area contributed by atoms with Crippen LogP contribution in [0.25, 0.3) is 0 Å². The van der Waals surface area contributed by atoms with Crippen molar-refractivity contribution >= 4 is 31.1 Å². The molecule has 1 aromatic rings. The molecule has 1 aromatic heterocycles. The Balaban J connectivity index is 2.20. The first kappa shape index (κ1) is 15.0. The highest BCUT2D eigenvalue weighted by Crippen LogP contribution is 2.12. The van der Waals surface area contributed by atoms with Crippen LogP contribution >= 0.6 is 22.0 Å². The lowest BCUT2D eigenvalue weighted by atomic mass is 10.1. The second-order valence-corrected chi connectivity index (χ2v) is 7.74. The second kappa shape index (κ2) is 7.36. The summed E-state index contributed by atoms with van der Waals surface area (Å²) in [6.07, 6.45) is 1.63. The Bertz CT molecular complexity index is 400. The number of ether oxygens (including phenoxy) is 1. The van der Waals surface area contributed by atoms with Gasteiger partial charge in [-0.15, -0.1) is 11.3 Å². The lowest BCUT2D eigenvalue weighted by Gasteiger charge is -2.12. The monoisotopic (exact) mass is 296 g/mol. The number of thiophene rings is 1. The number of hydrogen-bond acceptors (Lipinski definition) is 4. The Morgan fingerprint density at radius 3 is 2.82 bits per heavy atom. The lowest BCUT2D eigenvalue weighted by molar-refractivity contribution is 0.107. The summed E-state index contributed by atoms with van der Waals surface area (Å²) in [5.41, 5.74) is 0. The van der Waals surface area contributed by atoms with Gasteiger partial charge in [0.2, 0.25) is 9.05 Å². The molecule has 0 N–H and O–H groups in total. The van der Waals surface area contributed by atoms with Gasteiger partial charge in [0.1, 0.15) is 0 Å². The molecule has 0 fully saturated rings. The molecule has 98 valence electrons. The molecule has 0 saturated heterocycles. The van der Waals surface area contributed by atoms with E-state index in [-0.39, 0.29) is 11.7 Å². The minimum atomic E-state index is -3.42. The van der Waals surface area contributed by atoms with Crippen LogP contribution in [0.1, 0.15) is 18.2 Å². The van der Waals surface area contributed by atoms with Gasteiger partial charge in [0, 0.05) is 22.0 Å². The molecule has 1 rings (SSSR count). The number of halogens is 1. The van der Waals surface area contributed by atoms with Gasteiger partial charge >= 0.3 is 0 Å². The fourth-order valence-corrected chi connectivity index (χ4v) is 3.56. The van der Waals surface area contributed by atoms with E-state index in [2.05, 4.69) is 6.07 Å². The molecule has 0 spiro atoms. The molecular weight excluding hydrogens is 280 g/mol. The minimum absolute atomic E-state index is 0.00986. The minimum Gasteiger partial charge on any atom is -0.381 e. The van der Waals surface area contributed by atoms with Crippen molar-refractivity contribution in [1.29, 1.82) is 0 Å². The molecule has 0 aliphatic rings. The van der Waals surface area contributed by atoms with Gasteiger partial charge in [-0.25, -0.2) is 8.42 Å². The van der Waals surface area contributed by atoms with Crippen molar-refractivity contribution in [3.8, 4) is 0 Å². The lowest BCUT2D eigenvalue weighted by Crippen LogP contribution is -2.18. The van der Waals surface area contributed by atoms with Crippen molar-refractivity contribution in [2.24, 2.45) is 5.92 Å². The van der Waals surface area contributed by atoms with Gasteiger partial charge in [-0.05, 0) is 17.4 Å². The SMILES string of the molecule is CCC(COCCc1cccs1)CS(=O)(=O)Cl. The Morgan fingerprint density at radius 1 is 1.53 bits per heavy atom. The Kier molecular flexibility index (Phi) is 6.48. The largest absolute Gasteiger partial charge is 0.381 e. The van der Waals surface area contributed by atoms with E-state index < -0.39 is 9.05 Å². The van der Waals surface area contributed by atoms with Gasteiger partial charge in [-0.2, -0.15) is 0 Å².